The van der Waals surface area contributed by atoms with Gasteiger partial charge in [-0.25, -0.2) is 4.79 Å². The Labute approximate surface area is 183 Å². The fraction of sp³-hybridized carbons (Fsp3) is 0.429. The van der Waals surface area contributed by atoms with Gasteiger partial charge >= 0.3 is 35.5 Å². The number of nitrogens with two attached hydrogens (primary N) is 1. The summed E-state index contributed by atoms with van der Waals surface area (Å²) in [5.74, 6) is -2.09. The van der Waals surface area contributed by atoms with Crippen LogP contribution in [-0.2, 0) is 14.4 Å². The predicted octanol–water partition coefficient (Wildman–Crippen LogP) is -0.785. The van der Waals surface area contributed by atoms with Crippen molar-refractivity contribution in [2.75, 3.05) is 12.3 Å². The summed E-state index contributed by atoms with van der Waals surface area (Å²) in [4.78, 5) is 39.7. The number of nitrogens with zero attached hydrogens (tertiary/aromatic N) is 5. The van der Waals surface area contributed by atoms with Gasteiger partial charge in [-0.1, -0.05) is 23.1 Å². The molecule has 1 aromatic rings. The van der Waals surface area contributed by atoms with Crippen molar-refractivity contribution in [3.8, 4) is 6.07 Å². The number of hydrogen-bond acceptors (Lipinski definition) is 9. The van der Waals surface area contributed by atoms with Gasteiger partial charge in [-0.3, -0.25) is 14.5 Å². The van der Waals surface area contributed by atoms with Crippen LogP contribution in [0.4, 0.5) is 5.13 Å². The second-order valence-electron chi connectivity index (χ2n) is 6.07. The first-order chi connectivity index (χ1) is 12.4. The third-order valence-corrected chi connectivity index (χ3v) is 6.61. The molecule has 3 atom stereocenters. The van der Waals surface area contributed by atoms with Gasteiger partial charge in [0, 0.05) is 17.4 Å². The van der Waals surface area contributed by atoms with Crippen molar-refractivity contribution >= 4 is 75.6 Å². The molecule has 2 fully saturated rings. The molecule has 2 saturated heterocycles. The number of rotatable bonds is 4. The van der Waals surface area contributed by atoms with Gasteiger partial charge in [0.05, 0.1) is 12.1 Å². The van der Waals surface area contributed by atoms with Gasteiger partial charge in [-0.15, -0.1) is 10.2 Å². The van der Waals surface area contributed by atoms with Gasteiger partial charge in [0.25, 0.3) is 5.91 Å². The second-order valence-corrected chi connectivity index (χ2v) is 8.43. The van der Waals surface area contributed by atoms with Gasteiger partial charge in [-0.05, 0) is 6.42 Å². The van der Waals surface area contributed by atoms with Crippen LogP contribution in [0.1, 0.15) is 12.8 Å². The van der Waals surface area contributed by atoms with Crippen LogP contribution >= 0.6 is 23.1 Å². The molecule has 10 nitrogen and oxygen atoms in total. The number of carbonyl (C=O) groups excluding carboxylic acids is 2. The van der Waals surface area contributed by atoms with Gasteiger partial charge < -0.3 is 15.7 Å². The van der Waals surface area contributed by atoms with Gasteiger partial charge in [-0.2, -0.15) is 5.26 Å². The first kappa shape index (κ1) is 20.1. The number of carboxylic acids is 1. The number of carboxylic acid groups (broad SMARTS) is 1. The van der Waals surface area contributed by atoms with E-state index >= 15 is 0 Å². The Morgan fingerprint density at radius 1 is 1.44 bits per heavy atom. The summed E-state index contributed by atoms with van der Waals surface area (Å²) in [6.45, 7) is 0.327. The number of β-lactam (4-membered cyclic amide) rings is 1. The summed E-state index contributed by atoms with van der Waals surface area (Å²) < 4.78 is 0.495. The number of aliphatic carboxylic acids is 1. The Hall–Kier alpha value is -1.65. The maximum absolute atomic E-state index is 12.6. The molecule has 13 heteroatoms. The minimum atomic E-state index is -1.20. The molecule has 0 aromatic carbocycles. The molecule has 136 valence electrons. The van der Waals surface area contributed by atoms with Crippen molar-refractivity contribution in [2.45, 2.75) is 29.3 Å². The van der Waals surface area contributed by atoms with Crippen LogP contribution in [0.25, 0.3) is 0 Å². The number of thioether (sulfide) groups is 1. The standard InChI is InChI=1S/C14H12N6O4S2.Na.H/c15-2-1-7(21)19-4-5-3-6(25-14-18-17-13(16)26-14)9(12(23)24)20-8(5)10(19)11(20)22;;/h5,8,10H,1,3-4H2,(H2,16,17)(H,23,24);;/t5-,8-,10+;;/m1../s1. The van der Waals surface area contributed by atoms with Gasteiger partial charge in [0.2, 0.25) is 11.0 Å². The summed E-state index contributed by atoms with van der Waals surface area (Å²) in [6, 6.07) is 0.784. The van der Waals surface area contributed by atoms with E-state index in [4.69, 9.17) is 11.0 Å². The molecule has 0 spiro atoms. The summed E-state index contributed by atoms with van der Waals surface area (Å²) in [5, 5.41) is 26.2. The van der Waals surface area contributed by atoms with Crippen LogP contribution in [0.5, 0.6) is 0 Å². The summed E-state index contributed by atoms with van der Waals surface area (Å²) >= 11 is 2.27. The normalized spacial score (nSPS) is 25.4. The first-order valence-electron chi connectivity index (χ1n) is 7.65. The Kier molecular flexibility index (Phi) is 5.51. The number of nitrogen functional groups attached to an aromatic ring is 1. The van der Waals surface area contributed by atoms with Crippen molar-refractivity contribution < 1.29 is 19.5 Å². The molecule has 1 aromatic heterocycles. The Balaban J connectivity index is 0.00000210. The third-order valence-electron chi connectivity index (χ3n) is 4.70. The number of amides is 2. The number of nitriles is 1. The minimum absolute atomic E-state index is 0. The zero-order chi connectivity index (χ0) is 18.6. The Morgan fingerprint density at radius 3 is 2.78 bits per heavy atom. The molecule has 0 saturated carbocycles. The molecule has 4 rings (SSSR count). The van der Waals surface area contributed by atoms with E-state index in [1.54, 1.807) is 6.07 Å². The molecule has 3 N–H and O–H groups in total. The van der Waals surface area contributed by atoms with E-state index in [9.17, 15) is 19.5 Å². The molecule has 0 aliphatic carbocycles. The van der Waals surface area contributed by atoms with E-state index in [0.717, 1.165) is 23.1 Å². The molecular weight excluding hydrogens is 403 g/mol. The van der Waals surface area contributed by atoms with Crippen LogP contribution in [0.2, 0.25) is 0 Å². The zero-order valence-electron chi connectivity index (χ0n) is 13.2. The quantitative estimate of drug-likeness (QED) is 0.475. The van der Waals surface area contributed by atoms with Crippen molar-refractivity contribution in [3.63, 3.8) is 0 Å². The van der Waals surface area contributed by atoms with Gasteiger partial charge in [0.15, 0.2) is 4.34 Å². The monoisotopic (exact) mass is 416 g/mol. The summed E-state index contributed by atoms with van der Waals surface area (Å²) in [7, 11) is 0. The molecular formula is C14H13N6NaO4S2. The summed E-state index contributed by atoms with van der Waals surface area (Å²) in [6.07, 6.45) is 0.112. The zero-order valence-corrected chi connectivity index (χ0v) is 14.8. The van der Waals surface area contributed by atoms with Crippen LogP contribution in [0, 0.1) is 17.2 Å². The fourth-order valence-electron chi connectivity index (χ4n) is 3.77. The van der Waals surface area contributed by atoms with E-state index in [-0.39, 0.29) is 58.8 Å². The van der Waals surface area contributed by atoms with E-state index in [1.165, 1.54) is 9.80 Å². The number of hydrogen-bond donors (Lipinski definition) is 2. The number of aromatic nitrogens is 2. The maximum atomic E-state index is 12.6. The topological polar surface area (TPSA) is 154 Å². The molecule has 0 unspecified atom stereocenters. The second kappa shape index (κ2) is 7.40. The van der Waals surface area contributed by atoms with E-state index in [1.807, 2.05) is 0 Å². The van der Waals surface area contributed by atoms with Crippen molar-refractivity contribution in [2.24, 2.45) is 5.92 Å². The van der Waals surface area contributed by atoms with Crippen LogP contribution in [0.15, 0.2) is 14.9 Å². The Bertz CT molecular complexity index is 912. The van der Waals surface area contributed by atoms with Crippen molar-refractivity contribution in [3.05, 3.63) is 10.6 Å². The molecule has 3 aliphatic rings. The van der Waals surface area contributed by atoms with Gasteiger partial charge in [0.1, 0.15) is 18.2 Å². The average Bonchev–Trinajstić information content (AvgIpc) is 3.15. The van der Waals surface area contributed by atoms with Crippen molar-refractivity contribution in [1.82, 2.24) is 20.0 Å². The van der Waals surface area contributed by atoms with Crippen LogP contribution in [-0.4, -0.2) is 91.1 Å². The summed E-state index contributed by atoms with van der Waals surface area (Å²) in [5.41, 5.74) is 5.50. The molecule has 0 bridgehead atoms. The van der Waals surface area contributed by atoms with E-state index < -0.39 is 23.8 Å². The van der Waals surface area contributed by atoms with E-state index in [0.29, 0.717) is 22.2 Å². The predicted molar refractivity (Wildman–Crippen MR) is 96.5 cm³/mol. The number of anilines is 1. The third kappa shape index (κ3) is 3.13. The number of allylic oxidation sites excluding steroid dienone is 1. The fourth-order valence-corrected chi connectivity index (χ4v) is 5.71. The number of carbonyl (C=O) groups is 3. The Morgan fingerprint density at radius 2 is 2.19 bits per heavy atom. The van der Waals surface area contributed by atoms with Crippen molar-refractivity contribution in [1.29, 1.82) is 5.26 Å². The first-order valence-corrected chi connectivity index (χ1v) is 9.28. The van der Waals surface area contributed by atoms with E-state index in [2.05, 4.69) is 10.2 Å². The van der Waals surface area contributed by atoms with Crippen LogP contribution in [0.3, 0.4) is 0 Å². The molecule has 27 heavy (non-hydrogen) atoms. The average molecular weight is 416 g/mol. The molecule has 4 heterocycles. The SMILES string of the molecule is N#CCC(=O)N1C[C@H]2CC(Sc3nnc(N)s3)=C(C(=O)O)N3C(=O)[C@@H]1[C@@H]23.[NaH]. The number of likely N-dealkylation sites (tertiary alicyclic amines) is 1. The molecule has 3 aliphatic heterocycles. The molecule has 2 amide bonds. The molecule has 0 radical (unpaired) electrons. The van der Waals surface area contributed by atoms with Crippen LogP contribution < -0.4 is 5.73 Å².